The van der Waals surface area contributed by atoms with E-state index < -0.39 is 0 Å². The van der Waals surface area contributed by atoms with Crippen LogP contribution < -0.4 is 15.1 Å². The van der Waals surface area contributed by atoms with Crippen LogP contribution in [0.5, 0.6) is 0 Å². The Kier molecular flexibility index (Phi) is 4.13. The summed E-state index contributed by atoms with van der Waals surface area (Å²) in [6.45, 7) is 0. The molecule has 2 aromatic carbocycles. The molecular weight excluding hydrogens is 390 g/mol. The van der Waals surface area contributed by atoms with Crippen LogP contribution in [-0.2, 0) is 4.79 Å². The number of carbonyl (C=O) groups excluding carboxylic acids is 1. The van der Waals surface area contributed by atoms with Gasteiger partial charge >= 0.3 is 5.88 Å². The quantitative estimate of drug-likeness (QED) is 0.349. The highest BCUT2D eigenvalue weighted by molar-refractivity contribution is 7.99. The zero-order valence-corrected chi connectivity index (χ0v) is 16.5. The van der Waals surface area contributed by atoms with Crippen molar-refractivity contribution in [2.24, 2.45) is 0 Å². The lowest BCUT2D eigenvalue weighted by Crippen LogP contribution is -2.53. The third-order valence-corrected chi connectivity index (χ3v) is 5.38. The maximum Gasteiger partial charge on any atom is 0.305 e. The third-order valence-electron chi connectivity index (χ3n) is 4.54. The number of anilines is 1. The minimum Gasteiger partial charge on any atom is -0.288 e. The van der Waals surface area contributed by atoms with Gasteiger partial charge < -0.3 is 0 Å². The number of rotatable bonds is 5. The highest BCUT2D eigenvalue weighted by Gasteiger charge is 2.25. The Morgan fingerprint density at radius 2 is 1.90 bits per heavy atom. The summed E-state index contributed by atoms with van der Waals surface area (Å²) in [5.74, 6) is 0.145. The fourth-order valence-electron chi connectivity index (χ4n) is 3.26. The molecule has 0 radical (unpaired) electrons. The molecule has 0 atom stereocenters. The van der Waals surface area contributed by atoms with Gasteiger partial charge in [0.25, 0.3) is 6.20 Å². The minimum atomic E-state index is -0.244. The topological polar surface area (TPSA) is 101 Å². The first-order valence-corrected chi connectivity index (χ1v) is 9.85. The predicted molar refractivity (Wildman–Crippen MR) is 108 cm³/mol. The average Bonchev–Trinajstić information content (AvgIpc) is 3.32. The number of thioether (sulfide) groups is 1. The van der Waals surface area contributed by atoms with E-state index in [1.807, 2.05) is 24.3 Å². The number of nitrogens with zero attached hydrogens (tertiary/aromatic N) is 6. The number of hydrogen-bond donors (Lipinski definition) is 1. The van der Waals surface area contributed by atoms with Crippen LogP contribution in [0.3, 0.4) is 0 Å². The second-order valence-corrected chi connectivity index (χ2v) is 7.61. The Labute approximate surface area is 169 Å². The maximum atomic E-state index is 12.2. The molecule has 0 unspecified atom stereocenters. The van der Waals surface area contributed by atoms with Crippen molar-refractivity contribution in [1.29, 1.82) is 0 Å². The highest BCUT2D eigenvalue weighted by Crippen LogP contribution is 2.44. The Morgan fingerprint density at radius 3 is 2.62 bits per heavy atom. The monoisotopic (exact) mass is 406 g/mol. The van der Waals surface area contributed by atoms with Gasteiger partial charge in [0.05, 0.1) is 24.6 Å². The second-order valence-electron chi connectivity index (χ2n) is 6.67. The average molecular weight is 406 g/mol. The molecule has 10 heteroatoms. The van der Waals surface area contributed by atoms with E-state index in [1.165, 1.54) is 16.6 Å². The van der Waals surface area contributed by atoms with E-state index in [2.05, 4.69) is 37.9 Å². The van der Waals surface area contributed by atoms with Crippen molar-refractivity contribution in [1.82, 2.24) is 20.5 Å². The summed E-state index contributed by atoms with van der Waals surface area (Å²) in [5, 5.41) is 19.5. The minimum absolute atomic E-state index is 0.125. The number of carbonyl (C=O) groups is 1. The summed E-state index contributed by atoms with van der Waals surface area (Å²) in [5.41, 5.74) is 3.67. The Hall–Kier alpha value is -3.53. The van der Waals surface area contributed by atoms with Gasteiger partial charge in [0, 0.05) is 16.5 Å². The standard InChI is InChI=1S/C19H15N7O2S/c1-25(2)26-9-15(28-24-26)20-14(27)10-29-19-21-17-12-7-3-5-11-6-4-8-13(16(11)12)18(17)22-23-19/h3-9H,10H2,1-2H3/p+1. The lowest BCUT2D eigenvalue weighted by Gasteiger charge is -2.03. The van der Waals surface area contributed by atoms with Crippen molar-refractivity contribution in [3.63, 3.8) is 0 Å². The van der Waals surface area contributed by atoms with E-state index >= 15 is 0 Å². The van der Waals surface area contributed by atoms with Crippen LogP contribution in [0.25, 0.3) is 33.3 Å². The molecule has 0 bridgehead atoms. The number of nitrogens with one attached hydrogen (secondary N) is 1. The van der Waals surface area contributed by atoms with Crippen LogP contribution in [-0.4, -0.2) is 46.2 Å². The van der Waals surface area contributed by atoms with Crippen LogP contribution in [0.15, 0.2) is 52.3 Å². The Morgan fingerprint density at radius 1 is 1.14 bits per heavy atom. The van der Waals surface area contributed by atoms with E-state index in [-0.39, 0.29) is 17.5 Å². The van der Waals surface area contributed by atoms with Gasteiger partial charge in [-0.3, -0.25) is 14.6 Å². The first-order valence-electron chi connectivity index (χ1n) is 8.86. The largest absolute Gasteiger partial charge is 0.305 e. The molecule has 2 aromatic heterocycles. The molecule has 0 aliphatic heterocycles. The van der Waals surface area contributed by atoms with E-state index in [1.54, 1.807) is 25.3 Å². The number of amides is 1. The molecule has 0 saturated heterocycles. The van der Waals surface area contributed by atoms with Crippen molar-refractivity contribution in [3.05, 3.63) is 42.6 Å². The van der Waals surface area contributed by atoms with Crippen molar-refractivity contribution in [3.8, 4) is 22.5 Å². The molecule has 29 heavy (non-hydrogen) atoms. The van der Waals surface area contributed by atoms with Crippen LogP contribution in [0.4, 0.5) is 5.88 Å². The molecule has 0 spiro atoms. The third kappa shape index (κ3) is 3.07. The molecule has 0 fully saturated rings. The molecule has 1 amide bonds. The van der Waals surface area contributed by atoms with Crippen LogP contribution in [0.1, 0.15) is 0 Å². The van der Waals surface area contributed by atoms with Crippen molar-refractivity contribution >= 4 is 34.3 Å². The fourth-order valence-corrected chi connectivity index (χ4v) is 3.85. The van der Waals surface area contributed by atoms with Gasteiger partial charge in [0.1, 0.15) is 11.4 Å². The molecule has 2 heterocycles. The number of benzene rings is 2. The summed E-state index contributed by atoms with van der Waals surface area (Å²) in [7, 11) is 3.61. The molecule has 4 aromatic rings. The second kappa shape index (κ2) is 6.82. The summed E-state index contributed by atoms with van der Waals surface area (Å²) in [6, 6.07) is 12.2. The van der Waals surface area contributed by atoms with Gasteiger partial charge in [-0.15, -0.1) is 10.2 Å². The number of fused-ring (bicyclic) bond motifs is 3. The summed E-state index contributed by atoms with van der Waals surface area (Å²) in [4.78, 5) is 18.3. The zero-order valence-electron chi connectivity index (χ0n) is 15.7. The molecule has 9 nitrogen and oxygen atoms in total. The lowest BCUT2D eigenvalue weighted by molar-refractivity contribution is -0.753. The Bertz CT molecular complexity index is 1250. The summed E-state index contributed by atoms with van der Waals surface area (Å²) >= 11 is 1.22. The van der Waals surface area contributed by atoms with E-state index in [4.69, 9.17) is 4.52 Å². The van der Waals surface area contributed by atoms with E-state index in [0.29, 0.717) is 5.16 Å². The first-order chi connectivity index (χ1) is 14.1. The van der Waals surface area contributed by atoms with Crippen molar-refractivity contribution < 1.29 is 14.1 Å². The van der Waals surface area contributed by atoms with Crippen molar-refractivity contribution in [2.75, 3.05) is 30.2 Å². The first kappa shape index (κ1) is 17.6. The molecule has 1 aliphatic rings. The summed E-state index contributed by atoms with van der Waals surface area (Å²) < 4.78 is 5.06. The SMILES string of the molecule is CN(C)[n+]1cc(NC(=O)CSc2nnc3c(n2)-c2cccc4cccc-3c24)on1. The van der Waals surface area contributed by atoms with Crippen LogP contribution in [0.2, 0.25) is 0 Å². The van der Waals surface area contributed by atoms with Crippen molar-refractivity contribution in [2.45, 2.75) is 5.16 Å². The van der Waals surface area contributed by atoms with Gasteiger partial charge in [-0.25, -0.2) is 4.98 Å². The molecular formula is C19H16N7O2S+. The highest BCUT2D eigenvalue weighted by atomic mass is 32.2. The Balaban J connectivity index is 1.33. The van der Waals surface area contributed by atoms with Crippen LogP contribution >= 0.6 is 11.8 Å². The molecule has 0 saturated carbocycles. The van der Waals surface area contributed by atoms with Gasteiger partial charge in [-0.1, -0.05) is 48.2 Å². The smallest absolute Gasteiger partial charge is 0.288 e. The normalized spacial score (nSPS) is 11.5. The predicted octanol–water partition coefficient (Wildman–Crippen LogP) is 1.88. The molecule has 144 valence electrons. The van der Waals surface area contributed by atoms with E-state index in [9.17, 15) is 4.79 Å². The van der Waals surface area contributed by atoms with Gasteiger partial charge in [0.15, 0.2) is 0 Å². The molecule has 1 N–H and O–H groups in total. The van der Waals surface area contributed by atoms with E-state index in [0.717, 1.165) is 33.3 Å². The lowest BCUT2D eigenvalue weighted by atomic mass is 10.0. The molecule has 5 rings (SSSR count). The van der Waals surface area contributed by atoms with Gasteiger partial charge in [0.2, 0.25) is 16.3 Å². The van der Waals surface area contributed by atoms with Gasteiger partial charge in [-0.05, 0) is 5.39 Å². The zero-order chi connectivity index (χ0) is 20.0. The maximum absolute atomic E-state index is 12.2. The van der Waals surface area contributed by atoms with Gasteiger partial charge in [-0.2, -0.15) is 5.01 Å². The molecule has 1 aliphatic carbocycles. The fraction of sp³-hybridized carbons (Fsp3) is 0.158. The van der Waals surface area contributed by atoms with Crippen LogP contribution in [0, 0.1) is 0 Å². The number of aromatic nitrogens is 5. The number of hydrogen-bond acceptors (Lipinski definition) is 8. The summed E-state index contributed by atoms with van der Waals surface area (Å²) in [6.07, 6.45) is 1.58.